The average Bonchev–Trinajstić information content (AvgIpc) is 2.72. The molecule has 1 aromatic carbocycles. The molecule has 10 nitrogen and oxygen atoms in total. The van der Waals surface area contributed by atoms with Gasteiger partial charge in [0, 0.05) is 44.3 Å². The standard InChI is InChI=1S/C20H32N4O6S/c1-15-12-22(13-16(2)30-15)20(3,4)14-21-18-6-5-17(11-19(18)24(25)26)31(27,28)23-7-9-29-10-8-23/h5-6,11,15-16,21H,7-10,12-14H2,1-4H3. The summed E-state index contributed by atoms with van der Waals surface area (Å²) in [5.41, 5.74) is -0.235. The van der Waals surface area contributed by atoms with Gasteiger partial charge in [-0.15, -0.1) is 0 Å². The molecule has 2 fully saturated rings. The first kappa shape index (κ1) is 23.9. The number of nitrogens with one attached hydrogen (secondary N) is 1. The number of rotatable bonds is 7. The highest BCUT2D eigenvalue weighted by molar-refractivity contribution is 7.89. The van der Waals surface area contributed by atoms with Crippen LogP contribution in [-0.4, -0.2) is 86.2 Å². The number of hydrogen-bond donors (Lipinski definition) is 1. The third-order valence-corrected chi connectivity index (χ3v) is 7.66. The van der Waals surface area contributed by atoms with Gasteiger partial charge in [-0.2, -0.15) is 4.31 Å². The zero-order chi connectivity index (χ0) is 22.8. The molecule has 0 saturated carbocycles. The third kappa shape index (κ3) is 5.53. The van der Waals surface area contributed by atoms with E-state index in [1.807, 2.05) is 13.8 Å². The van der Waals surface area contributed by atoms with Crippen molar-refractivity contribution < 1.29 is 22.8 Å². The van der Waals surface area contributed by atoms with Crippen LogP contribution in [0.15, 0.2) is 23.1 Å². The van der Waals surface area contributed by atoms with Gasteiger partial charge in [0.15, 0.2) is 0 Å². The molecular formula is C20H32N4O6S. The monoisotopic (exact) mass is 456 g/mol. The maximum absolute atomic E-state index is 12.9. The summed E-state index contributed by atoms with van der Waals surface area (Å²) in [6.45, 7) is 11.3. The van der Waals surface area contributed by atoms with Crippen LogP contribution in [0.4, 0.5) is 11.4 Å². The Hall–Kier alpha value is -1.79. The Bertz CT molecular complexity index is 891. The molecule has 31 heavy (non-hydrogen) atoms. The summed E-state index contributed by atoms with van der Waals surface area (Å²) in [4.78, 5) is 13.4. The second-order valence-electron chi connectivity index (χ2n) is 8.78. The molecule has 1 aromatic rings. The van der Waals surface area contributed by atoms with Gasteiger partial charge in [-0.05, 0) is 39.8 Å². The lowest BCUT2D eigenvalue weighted by atomic mass is 10.00. The van der Waals surface area contributed by atoms with Crippen LogP contribution < -0.4 is 5.32 Å². The Labute approximate surface area is 183 Å². The fourth-order valence-electron chi connectivity index (χ4n) is 4.00. The first-order valence-corrected chi connectivity index (χ1v) is 12.0. The van der Waals surface area contributed by atoms with Gasteiger partial charge in [0.2, 0.25) is 10.0 Å². The predicted octanol–water partition coefficient (Wildman–Crippen LogP) is 1.92. The van der Waals surface area contributed by atoms with Crippen molar-refractivity contribution in [3.05, 3.63) is 28.3 Å². The molecule has 2 saturated heterocycles. The number of nitro benzene ring substituents is 1. The molecule has 2 atom stereocenters. The van der Waals surface area contributed by atoms with Crippen LogP contribution in [0, 0.1) is 10.1 Å². The Morgan fingerprint density at radius 2 is 1.81 bits per heavy atom. The number of nitro groups is 1. The smallest absolute Gasteiger partial charge is 0.293 e. The lowest BCUT2D eigenvalue weighted by Gasteiger charge is -2.45. The maximum Gasteiger partial charge on any atom is 0.293 e. The van der Waals surface area contributed by atoms with Crippen molar-refractivity contribution in [1.82, 2.24) is 9.21 Å². The molecule has 1 N–H and O–H groups in total. The van der Waals surface area contributed by atoms with Gasteiger partial charge in [-0.3, -0.25) is 15.0 Å². The number of ether oxygens (including phenoxy) is 2. The molecule has 0 aliphatic carbocycles. The zero-order valence-corrected chi connectivity index (χ0v) is 19.4. The fourth-order valence-corrected chi connectivity index (χ4v) is 5.43. The Kier molecular flexibility index (Phi) is 7.21. The summed E-state index contributed by atoms with van der Waals surface area (Å²) in [5, 5.41) is 14.9. The SMILES string of the molecule is CC1CN(C(C)(C)CNc2ccc(S(=O)(=O)N3CCOCC3)cc2[N+](=O)[O-])CC(C)O1. The number of anilines is 1. The van der Waals surface area contributed by atoms with E-state index in [1.54, 1.807) is 0 Å². The molecule has 2 aliphatic heterocycles. The van der Waals surface area contributed by atoms with Gasteiger partial charge < -0.3 is 14.8 Å². The number of sulfonamides is 1. The predicted molar refractivity (Wildman–Crippen MR) is 117 cm³/mol. The van der Waals surface area contributed by atoms with Crippen LogP contribution >= 0.6 is 0 Å². The third-order valence-electron chi connectivity index (χ3n) is 5.76. The highest BCUT2D eigenvalue weighted by Gasteiger charge is 2.34. The van der Waals surface area contributed by atoms with E-state index in [2.05, 4.69) is 24.1 Å². The fraction of sp³-hybridized carbons (Fsp3) is 0.700. The minimum absolute atomic E-state index is 0.0817. The summed E-state index contributed by atoms with van der Waals surface area (Å²) in [6, 6.07) is 4.04. The van der Waals surface area contributed by atoms with Crippen LogP contribution in [-0.2, 0) is 19.5 Å². The van der Waals surface area contributed by atoms with E-state index in [1.165, 1.54) is 16.4 Å². The van der Waals surface area contributed by atoms with Crippen molar-refractivity contribution in [2.45, 2.75) is 50.3 Å². The van der Waals surface area contributed by atoms with Crippen molar-refractivity contribution in [2.75, 3.05) is 51.3 Å². The van der Waals surface area contributed by atoms with E-state index in [0.717, 1.165) is 19.2 Å². The van der Waals surface area contributed by atoms with E-state index < -0.39 is 14.9 Å². The summed E-state index contributed by atoms with van der Waals surface area (Å²) < 4.78 is 38.0. The Balaban J connectivity index is 1.78. The van der Waals surface area contributed by atoms with Crippen molar-refractivity contribution in [1.29, 1.82) is 0 Å². The summed E-state index contributed by atoms with van der Waals surface area (Å²) in [7, 11) is -3.81. The second kappa shape index (κ2) is 9.37. The minimum atomic E-state index is -3.81. The molecule has 3 rings (SSSR count). The van der Waals surface area contributed by atoms with Gasteiger partial charge in [-0.1, -0.05) is 0 Å². The van der Waals surface area contributed by atoms with Crippen molar-refractivity contribution in [3.63, 3.8) is 0 Å². The van der Waals surface area contributed by atoms with Crippen molar-refractivity contribution in [2.24, 2.45) is 0 Å². The lowest BCUT2D eigenvalue weighted by Crippen LogP contribution is -2.57. The van der Waals surface area contributed by atoms with Crippen LogP contribution in [0.1, 0.15) is 27.7 Å². The van der Waals surface area contributed by atoms with E-state index >= 15 is 0 Å². The molecule has 0 aromatic heterocycles. The van der Waals surface area contributed by atoms with Crippen LogP contribution in [0.25, 0.3) is 0 Å². The number of benzene rings is 1. The van der Waals surface area contributed by atoms with Crippen LogP contribution in [0.5, 0.6) is 0 Å². The van der Waals surface area contributed by atoms with E-state index in [0.29, 0.717) is 25.4 Å². The molecule has 174 valence electrons. The summed E-state index contributed by atoms with van der Waals surface area (Å²) in [6.07, 6.45) is 0.226. The number of morpholine rings is 2. The second-order valence-corrected chi connectivity index (χ2v) is 10.7. The van der Waals surface area contributed by atoms with E-state index in [-0.39, 0.29) is 41.4 Å². The highest BCUT2D eigenvalue weighted by atomic mass is 32.2. The molecule has 2 unspecified atom stereocenters. The minimum Gasteiger partial charge on any atom is -0.379 e. The Morgan fingerprint density at radius 3 is 2.39 bits per heavy atom. The van der Waals surface area contributed by atoms with Gasteiger partial charge in [0.05, 0.1) is 35.2 Å². The topological polar surface area (TPSA) is 114 Å². The molecule has 11 heteroatoms. The first-order valence-electron chi connectivity index (χ1n) is 10.5. The molecule has 0 bridgehead atoms. The zero-order valence-electron chi connectivity index (χ0n) is 18.5. The average molecular weight is 457 g/mol. The van der Waals surface area contributed by atoms with Gasteiger partial charge in [0.1, 0.15) is 5.69 Å². The van der Waals surface area contributed by atoms with Gasteiger partial charge in [0.25, 0.3) is 5.69 Å². The van der Waals surface area contributed by atoms with Crippen molar-refractivity contribution in [3.8, 4) is 0 Å². The number of nitrogens with zero attached hydrogens (tertiary/aromatic N) is 3. The molecule has 0 spiro atoms. The molecule has 0 radical (unpaired) electrons. The number of hydrogen-bond acceptors (Lipinski definition) is 8. The summed E-state index contributed by atoms with van der Waals surface area (Å²) >= 11 is 0. The molecule has 2 aliphatic rings. The van der Waals surface area contributed by atoms with E-state index in [4.69, 9.17) is 9.47 Å². The van der Waals surface area contributed by atoms with E-state index in [9.17, 15) is 18.5 Å². The van der Waals surface area contributed by atoms with Gasteiger partial charge >= 0.3 is 0 Å². The van der Waals surface area contributed by atoms with Crippen LogP contribution in [0.3, 0.4) is 0 Å². The molecule has 2 heterocycles. The van der Waals surface area contributed by atoms with Crippen LogP contribution in [0.2, 0.25) is 0 Å². The lowest BCUT2D eigenvalue weighted by molar-refractivity contribution is -0.384. The molecule has 0 amide bonds. The molecular weight excluding hydrogens is 424 g/mol. The quantitative estimate of drug-likeness (QED) is 0.489. The summed E-state index contributed by atoms with van der Waals surface area (Å²) in [5.74, 6) is 0. The first-order chi connectivity index (χ1) is 14.5. The highest BCUT2D eigenvalue weighted by Crippen LogP contribution is 2.30. The van der Waals surface area contributed by atoms with Gasteiger partial charge in [-0.25, -0.2) is 8.42 Å². The van der Waals surface area contributed by atoms with Crippen molar-refractivity contribution >= 4 is 21.4 Å². The largest absolute Gasteiger partial charge is 0.379 e. The normalized spacial score (nSPS) is 24.1. The maximum atomic E-state index is 12.9. The Morgan fingerprint density at radius 1 is 1.19 bits per heavy atom.